The number of hydrogen-bond donors (Lipinski definition) is 2. The van der Waals surface area contributed by atoms with E-state index in [1.54, 1.807) is 0 Å². The highest BCUT2D eigenvalue weighted by Crippen LogP contribution is 2.24. The van der Waals surface area contributed by atoms with E-state index in [0.717, 1.165) is 12.3 Å². The first kappa shape index (κ1) is 13.5. The van der Waals surface area contributed by atoms with Crippen LogP contribution in [0.25, 0.3) is 0 Å². The van der Waals surface area contributed by atoms with Crippen molar-refractivity contribution in [1.82, 2.24) is 10.6 Å². The second-order valence-electron chi connectivity index (χ2n) is 5.32. The summed E-state index contributed by atoms with van der Waals surface area (Å²) in [6.45, 7) is 8.37. The van der Waals surface area contributed by atoms with E-state index in [4.69, 9.17) is 0 Å². The normalized spacial score (nSPS) is 28.8. The molecule has 3 heteroatoms. The molecule has 0 aliphatic heterocycles. The average Bonchev–Trinajstić information content (AvgIpc) is 2.63. The zero-order chi connectivity index (χ0) is 12.1. The molecule has 0 saturated heterocycles. The smallest absolute Gasteiger partial charge is 0.237 e. The maximum atomic E-state index is 11.8. The van der Waals surface area contributed by atoms with Gasteiger partial charge in [0.15, 0.2) is 0 Å². The van der Waals surface area contributed by atoms with Gasteiger partial charge in [0.25, 0.3) is 0 Å². The van der Waals surface area contributed by atoms with Gasteiger partial charge in [0.05, 0.1) is 6.04 Å². The number of carbonyl (C=O) groups excluding carboxylic acids is 1. The maximum absolute atomic E-state index is 11.8. The van der Waals surface area contributed by atoms with Crippen LogP contribution in [0.3, 0.4) is 0 Å². The molecule has 0 radical (unpaired) electrons. The summed E-state index contributed by atoms with van der Waals surface area (Å²) in [6.07, 6.45) is 4.69. The summed E-state index contributed by atoms with van der Waals surface area (Å²) >= 11 is 0. The van der Waals surface area contributed by atoms with Crippen LogP contribution < -0.4 is 10.6 Å². The quantitative estimate of drug-likeness (QED) is 0.753. The van der Waals surface area contributed by atoms with E-state index in [1.165, 1.54) is 19.3 Å². The van der Waals surface area contributed by atoms with Gasteiger partial charge in [-0.2, -0.15) is 0 Å². The molecular weight excluding hydrogens is 200 g/mol. The van der Waals surface area contributed by atoms with Crippen molar-refractivity contribution in [1.29, 1.82) is 0 Å². The van der Waals surface area contributed by atoms with Gasteiger partial charge < -0.3 is 10.6 Å². The van der Waals surface area contributed by atoms with E-state index in [2.05, 4.69) is 24.5 Å². The molecule has 0 aromatic heterocycles. The Morgan fingerprint density at radius 3 is 2.56 bits per heavy atom. The van der Waals surface area contributed by atoms with Crippen molar-refractivity contribution in [2.45, 2.75) is 71.5 Å². The largest absolute Gasteiger partial charge is 0.352 e. The molecule has 1 aliphatic rings. The molecule has 94 valence electrons. The third-order valence-electron chi connectivity index (χ3n) is 3.57. The fourth-order valence-corrected chi connectivity index (χ4v) is 2.26. The average molecular weight is 226 g/mol. The molecule has 1 amide bonds. The van der Waals surface area contributed by atoms with Crippen LogP contribution in [0.1, 0.15) is 53.4 Å². The van der Waals surface area contributed by atoms with Crippen LogP contribution in [0.2, 0.25) is 0 Å². The van der Waals surface area contributed by atoms with Gasteiger partial charge in [-0.05, 0) is 45.4 Å². The van der Waals surface area contributed by atoms with E-state index >= 15 is 0 Å². The Hall–Kier alpha value is -0.570. The maximum Gasteiger partial charge on any atom is 0.237 e. The van der Waals surface area contributed by atoms with Crippen molar-refractivity contribution in [3.8, 4) is 0 Å². The zero-order valence-corrected chi connectivity index (χ0v) is 11.0. The van der Waals surface area contributed by atoms with Gasteiger partial charge in [-0.15, -0.1) is 0 Å². The van der Waals surface area contributed by atoms with Gasteiger partial charge in [-0.1, -0.05) is 13.8 Å². The van der Waals surface area contributed by atoms with Crippen LogP contribution in [0.5, 0.6) is 0 Å². The molecule has 4 atom stereocenters. The highest BCUT2D eigenvalue weighted by molar-refractivity contribution is 5.81. The zero-order valence-electron chi connectivity index (χ0n) is 11.0. The lowest BCUT2D eigenvalue weighted by Gasteiger charge is -2.21. The number of hydrogen-bond acceptors (Lipinski definition) is 2. The lowest BCUT2D eigenvalue weighted by atomic mass is 10.1. The second kappa shape index (κ2) is 6.24. The van der Waals surface area contributed by atoms with E-state index in [1.807, 2.05) is 13.8 Å². The molecule has 2 N–H and O–H groups in total. The molecule has 1 saturated carbocycles. The van der Waals surface area contributed by atoms with Crippen molar-refractivity contribution in [3.05, 3.63) is 0 Å². The van der Waals surface area contributed by atoms with Crippen molar-refractivity contribution in [2.75, 3.05) is 0 Å². The Labute approximate surface area is 99.4 Å². The molecule has 1 fully saturated rings. The van der Waals surface area contributed by atoms with Gasteiger partial charge in [-0.25, -0.2) is 0 Å². The number of nitrogens with one attached hydrogen (secondary N) is 2. The minimum Gasteiger partial charge on any atom is -0.352 e. The predicted octanol–water partition coefficient (Wildman–Crippen LogP) is 2.07. The SMILES string of the molecule is CCC(C)NC(=O)C(C)NC1CCC(C)C1. The molecule has 1 aliphatic carbocycles. The van der Waals surface area contributed by atoms with E-state index < -0.39 is 0 Å². The number of amides is 1. The van der Waals surface area contributed by atoms with Gasteiger partial charge >= 0.3 is 0 Å². The third kappa shape index (κ3) is 4.12. The van der Waals surface area contributed by atoms with Gasteiger partial charge in [0.1, 0.15) is 0 Å². The Kier molecular flexibility index (Phi) is 5.26. The summed E-state index contributed by atoms with van der Waals surface area (Å²) in [4.78, 5) is 11.8. The second-order valence-corrected chi connectivity index (χ2v) is 5.32. The van der Waals surface area contributed by atoms with Gasteiger partial charge in [0, 0.05) is 12.1 Å². The van der Waals surface area contributed by atoms with Crippen molar-refractivity contribution < 1.29 is 4.79 Å². The lowest BCUT2D eigenvalue weighted by Crippen LogP contribution is -2.48. The molecule has 3 nitrogen and oxygen atoms in total. The van der Waals surface area contributed by atoms with Crippen LogP contribution in [0, 0.1) is 5.92 Å². The molecule has 0 bridgehead atoms. The third-order valence-corrected chi connectivity index (χ3v) is 3.57. The summed E-state index contributed by atoms with van der Waals surface area (Å²) in [5.41, 5.74) is 0. The van der Waals surface area contributed by atoms with Crippen molar-refractivity contribution >= 4 is 5.91 Å². The highest BCUT2D eigenvalue weighted by Gasteiger charge is 2.24. The molecule has 16 heavy (non-hydrogen) atoms. The van der Waals surface area contributed by atoms with Crippen LogP contribution >= 0.6 is 0 Å². The van der Waals surface area contributed by atoms with Crippen molar-refractivity contribution in [3.63, 3.8) is 0 Å². The van der Waals surface area contributed by atoms with Crippen LogP contribution in [0.4, 0.5) is 0 Å². The first-order chi connectivity index (χ1) is 7.52. The van der Waals surface area contributed by atoms with Crippen LogP contribution in [-0.4, -0.2) is 24.0 Å². The molecule has 0 aromatic carbocycles. The van der Waals surface area contributed by atoms with E-state index in [0.29, 0.717) is 6.04 Å². The van der Waals surface area contributed by atoms with Crippen LogP contribution in [0.15, 0.2) is 0 Å². The van der Waals surface area contributed by atoms with E-state index in [-0.39, 0.29) is 18.0 Å². The molecule has 1 rings (SSSR count). The molecule has 4 unspecified atom stereocenters. The predicted molar refractivity (Wildman–Crippen MR) is 67.3 cm³/mol. The van der Waals surface area contributed by atoms with Crippen LogP contribution in [-0.2, 0) is 4.79 Å². The minimum atomic E-state index is -0.0655. The van der Waals surface area contributed by atoms with Gasteiger partial charge in [-0.3, -0.25) is 4.79 Å². The number of carbonyl (C=O) groups is 1. The molecular formula is C13H26N2O. The number of rotatable bonds is 5. The summed E-state index contributed by atoms with van der Waals surface area (Å²) < 4.78 is 0. The Morgan fingerprint density at radius 1 is 1.38 bits per heavy atom. The van der Waals surface area contributed by atoms with E-state index in [9.17, 15) is 4.79 Å². The Balaban J connectivity index is 2.28. The minimum absolute atomic E-state index is 0.0655. The topological polar surface area (TPSA) is 41.1 Å². The summed E-state index contributed by atoms with van der Waals surface area (Å²) in [7, 11) is 0. The first-order valence-corrected chi connectivity index (χ1v) is 6.59. The highest BCUT2D eigenvalue weighted by atomic mass is 16.2. The molecule has 0 heterocycles. The van der Waals surface area contributed by atoms with Gasteiger partial charge in [0.2, 0.25) is 5.91 Å². The standard InChI is InChI=1S/C13H26N2O/c1-5-10(3)14-13(16)11(4)15-12-7-6-9(2)8-12/h9-12,15H,5-8H2,1-4H3,(H,14,16). The Bertz CT molecular complexity index is 230. The van der Waals surface area contributed by atoms with Crippen molar-refractivity contribution in [2.24, 2.45) is 5.92 Å². The summed E-state index contributed by atoms with van der Waals surface area (Å²) in [5, 5.41) is 6.44. The fraction of sp³-hybridized carbons (Fsp3) is 0.923. The fourth-order valence-electron chi connectivity index (χ4n) is 2.26. The molecule has 0 aromatic rings. The lowest BCUT2D eigenvalue weighted by molar-refractivity contribution is -0.123. The summed E-state index contributed by atoms with van der Waals surface area (Å²) in [6, 6.07) is 0.747. The first-order valence-electron chi connectivity index (χ1n) is 6.59. The monoisotopic (exact) mass is 226 g/mol. The summed E-state index contributed by atoms with van der Waals surface area (Å²) in [5.74, 6) is 0.941. The molecule has 0 spiro atoms. The Morgan fingerprint density at radius 2 is 2.06 bits per heavy atom.